The molecule has 1 aliphatic heterocycles. The molecule has 0 aromatic heterocycles. The van der Waals surface area contributed by atoms with Gasteiger partial charge in [-0.2, -0.15) is 0 Å². The highest BCUT2D eigenvalue weighted by atomic mass is 19.3. The predicted octanol–water partition coefficient (Wildman–Crippen LogP) is 9.36. The van der Waals surface area contributed by atoms with Gasteiger partial charge in [-0.05, 0) is 78.9 Å². The summed E-state index contributed by atoms with van der Waals surface area (Å²) in [6.45, 7) is 17.3. The summed E-state index contributed by atoms with van der Waals surface area (Å²) >= 11 is 0. The number of piperidine rings is 1. The molecule has 1 fully saturated rings. The number of likely N-dealkylation sites (tertiary alicyclic amines) is 1. The van der Waals surface area contributed by atoms with E-state index < -0.39 is 24.0 Å². The minimum absolute atomic E-state index is 0.105. The van der Waals surface area contributed by atoms with E-state index >= 15 is 0 Å². The molecule has 0 radical (unpaired) electrons. The van der Waals surface area contributed by atoms with Gasteiger partial charge >= 0.3 is 0 Å². The van der Waals surface area contributed by atoms with E-state index in [-0.39, 0.29) is 12.1 Å². The van der Waals surface area contributed by atoms with Crippen molar-refractivity contribution in [1.29, 1.82) is 0 Å². The van der Waals surface area contributed by atoms with Crippen molar-refractivity contribution in [1.82, 2.24) is 10.2 Å². The van der Waals surface area contributed by atoms with Crippen LogP contribution in [-0.4, -0.2) is 30.0 Å². The fourth-order valence-electron chi connectivity index (χ4n) is 4.48. The van der Waals surface area contributed by atoms with Crippen LogP contribution in [0.5, 0.6) is 0 Å². The van der Waals surface area contributed by atoms with Gasteiger partial charge < -0.3 is 10.2 Å². The number of allylic oxidation sites excluding steroid dienone is 5. The van der Waals surface area contributed by atoms with Gasteiger partial charge in [0.25, 0.3) is 6.43 Å². The Bertz CT molecular complexity index is 1150. The van der Waals surface area contributed by atoms with Gasteiger partial charge in [0.15, 0.2) is 0 Å². The lowest BCUT2D eigenvalue weighted by atomic mass is 9.96. The molecule has 1 N–H and O–H groups in total. The zero-order chi connectivity index (χ0) is 29.3. The molecule has 1 saturated heterocycles. The number of alkyl halides is 3. The Morgan fingerprint density at radius 2 is 1.74 bits per heavy atom. The lowest BCUT2D eigenvalue weighted by molar-refractivity contribution is 0.146. The highest BCUT2D eigenvalue weighted by Crippen LogP contribution is 2.28. The van der Waals surface area contributed by atoms with Crippen LogP contribution in [0.1, 0.15) is 98.6 Å². The van der Waals surface area contributed by atoms with E-state index in [9.17, 15) is 17.6 Å². The van der Waals surface area contributed by atoms with Crippen molar-refractivity contribution in [3.05, 3.63) is 80.5 Å². The van der Waals surface area contributed by atoms with Gasteiger partial charge in [0.1, 0.15) is 17.8 Å². The van der Waals surface area contributed by atoms with Crippen molar-refractivity contribution < 1.29 is 17.6 Å². The van der Waals surface area contributed by atoms with Gasteiger partial charge in [0, 0.05) is 35.6 Å². The molecule has 2 rings (SSSR count). The van der Waals surface area contributed by atoms with Crippen molar-refractivity contribution in [3.63, 3.8) is 0 Å². The third-order valence-electron chi connectivity index (χ3n) is 7.56. The summed E-state index contributed by atoms with van der Waals surface area (Å²) in [5, 5.41) is 3.45. The number of hydrogen-bond donors (Lipinski definition) is 1. The maximum atomic E-state index is 14.9. The maximum Gasteiger partial charge on any atom is 0.266 e. The second-order valence-corrected chi connectivity index (χ2v) is 10.6. The molecule has 39 heavy (non-hydrogen) atoms. The average Bonchev–Trinajstić information content (AvgIpc) is 2.90. The van der Waals surface area contributed by atoms with Crippen molar-refractivity contribution in [2.45, 2.75) is 100 Å². The Morgan fingerprint density at radius 1 is 1.08 bits per heavy atom. The van der Waals surface area contributed by atoms with Crippen molar-refractivity contribution >= 4 is 5.84 Å². The molecule has 0 amide bonds. The van der Waals surface area contributed by atoms with E-state index in [1.165, 1.54) is 12.1 Å². The van der Waals surface area contributed by atoms with Crippen LogP contribution in [0.4, 0.5) is 17.6 Å². The number of rotatable bonds is 10. The molecule has 0 aliphatic carbocycles. The first-order chi connectivity index (χ1) is 18.4. The molecule has 1 aromatic rings. The van der Waals surface area contributed by atoms with Crippen LogP contribution >= 0.6 is 0 Å². The van der Waals surface area contributed by atoms with E-state index in [1.54, 1.807) is 0 Å². The smallest absolute Gasteiger partial charge is 0.266 e. The van der Waals surface area contributed by atoms with Gasteiger partial charge in [-0.3, -0.25) is 4.99 Å². The summed E-state index contributed by atoms with van der Waals surface area (Å²) in [5.74, 6) is -0.401. The van der Waals surface area contributed by atoms with Crippen molar-refractivity contribution in [2.24, 2.45) is 4.99 Å². The van der Waals surface area contributed by atoms with Crippen LogP contribution in [0.15, 0.2) is 68.5 Å². The van der Waals surface area contributed by atoms with E-state index in [4.69, 9.17) is 4.99 Å². The standard InChI is InChI=1S/C32H45F4N3/c1-9-21(5)23(7)28(17-29(20(3)4)39-16-12-14-26(33)19-39)32(38-24(8)22(6)10-2)37-18-25-13-11-15-27(30(25)34)31(35)36/h11,13,15,17,26,31H,9-10,12,14,16,18-19H2,1-8H3,(H,37,38)/b23-21?,24-22?,28-17+. The van der Waals surface area contributed by atoms with Crippen LogP contribution in [0.25, 0.3) is 0 Å². The largest absolute Gasteiger partial charge is 0.369 e. The lowest BCUT2D eigenvalue weighted by Gasteiger charge is -2.33. The van der Waals surface area contributed by atoms with Gasteiger partial charge in [0.2, 0.25) is 0 Å². The highest BCUT2D eigenvalue weighted by Gasteiger charge is 2.23. The molecule has 1 atom stereocenters. The summed E-state index contributed by atoms with van der Waals surface area (Å²) in [7, 11) is 0. The quantitative estimate of drug-likeness (QED) is 0.137. The van der Waals surface area contributed by atoms with Crippen LogP contribution < -0.4 is 5.32 Å². The fraction of sp³-hybridized carbons (Fsp3) is 0.531. The van der Waals surface area contributed by atoms with Gasteiger partial charge in [-0.1, -0.05) is 48.8 Å². The Hall–Kier alpha value is -2.83. The number of halogens is 4. The zero-order valence-electron chi connectivity index (χ0n) is 24.8. The molecule has 3 nitrogen and oxygen atoms in total. The second-order valence-electron chi connectivity index (χ2n) is 10.6. The van der Waals surface area contributed by atoms with E-state index in [0.29, 0.717) is 18.8 Å². The molecule has 1 heterocycles. The zero-order valence-corrected chi connectivity index (χ0v) is 24.8. The molecular weight excluding hydrogens is 502 g/mol. The maximum absolute atomic E-state index is 14.9. The third kappa shape index (κ3) is 8.84. The van der Waals surface area contributed by atoms with Gasteiger partial charge in [0.05, 0.1) is 12.1 Å². The number of hydrogen-bond acceptors (Lipinski definition) is 2. The average molecular weight is 548 g/mol. The minimum Gasteiger partial charge on any atom is -0.369 e. The van der Waals surface area contributed by atoms with E-state index in [1.807, 2.05) is 40.7 Å². The number of benzene rings is 1. The summed E-state index contributed by atoms with van der Waals surface area (Å²) < 4.78 is 56.0. The highest BCUT2D eigenvalue weighted by molar-refractivity contribution is 6.03. The first-order valence-electron chi connectivity index (χ1n) is 13.9. The van der Waals surface area contributed by atoms with Gasteiger partial charge in [-0.15, -0.1) is 0 Å². The summed E-state index contributed by atoms with van der Waals surface area (Å²) in [6.07, 6.45) is 1.27. The summed E-state index contributed by atoms with van der Waals surface area (Å²) in [6, 6.07) is 4.02. The number of nitrogens with one attached hydrogen (secondary N) is 1. The molecule has 0 bridgehead atoms. The van der Waals surface area contributed by atoms with Crippen LogP contribution in [0.3, 0.4) is 0 Å². The first-order valence-corrected chi connectivity index (χ1v) is 13.9. The molecule has 0 saturated carbocycles. The first kappa shape index (κ1) is 32.4. The lowest BCUT2D eigenvalue weighted by Crippen LogP contribution is -2.36. The molecule has 7 heteroatoms. The number of nitrogens with zero attached hydrogens (tertiary/aromatic N) is 2. The van der Waals surface area contributed by atoms with Crippen molar-refractivity contribution in [2.75, 3.05) is 13.1 Å². The third-order valence-corrected chi connectivity index (χ3v) is 7.56. The topological polar surface area (TPSA) is 27.6 Å². The molecule has 216 valence electrons. The van der Waals surface area contributed by atoms with Crippen LogP contribution in [0.2, 0.25) is 0 Å². The normalized spacial score (nSPS) is 18.2. The van der Waals surface area contributed by atoms with E-state index in [0.717, 1.165) is 71.1 Å². The molecule has 0 spiro atoms. The van der Waals surface area contributed by atoms with Gasteiger partial charge in [-0.25, -0.2) is 17.6 Å². The Labute approximate surface area is 232 Å². The number of amidine groups is 1. The van der Waals surface area contributed by atoms with E-state index in [2.05, 4.69) is 31.0 Å². The van der Waals surface area contributed by atoms with Crippen molar-refractivity contribution in [3.8, 4) is 0 Å². The summed E-state index contributed by atoms with van der Waals surface area (Å²) in [5.41, 5.74) is 6.52. The molecular formula is C32H45F4N3. The Kier molecular flexibility index (Phi) is 12.5. The predicted molar refractivity (Wildman–Crippen MR) is 155 cm³/mol. The number of aliphatic imine (C=N–C) groups is 1. The Morgan fingerprint density at radius 3 is 2.31 bits per heavy atom. The van der Waals surface area contributed by atoms with Crippen LogP contribution in [0, 0.1) is 5.82 Å². The molecule has 1 aromatic carbocycles. The minimum atomic E-state index is -2.90. The summed E-state index contributed by atoms with van der Waals surface area (Å²) in [4.78, 5) is 6.88. The SMILES string of the molecule is CCC(C)=C(C)NC(=NCc1cccc(C(F)F)c1F)/C(=C/C(=C(C)C)N1CCCC(F)C1)C(C)=C(C)CC. The monoisotopic (exact) mass is 547 g/mol. The fourth-order valence-corrected chi connectivity index (χ4v) is 4.48. The second kappa shape index (κ2) is 15.1. The molecule has 1 aliphatic rings. The Balaban J connectivity index is 2.76. The molecule has 1 unspecified atom stereocenters. The van der Waals surface area contributed by atoms with Crippen LogP contribution in [-0.2, 0) is 6.54 Å².